The van der Waals surface area contributed by atoms with E-state index in [0.29, 0.717) is 5.54 Å². The van der Waals surface area contributed by atoms with E-state index < -0.39 is 0 Å². The maximum absolute atomic E-state index is 2.59. The summed E-state index contributed by atoms with van der Waals surface area (Å²) in [5.74, 6) is 1.88. The second-order valence-corrected chi connectivity index (χ2v) is 6.27. The minimum absolute atomic E-state index is 0.397. The van der Waals surface area contributed by atoms with Crippen molar-refractivity contribution in [3.05, 3.63) is 0 Å². The Morgan fingerprint density at radius 3 is 2.21 bits per heavy atom. The van der Waals surface area contributed by atoms with Crippen molar-refractivity contribution in [1.82, 2.24) is 4.90 Å². The number of rotatable bonds is 4. The average molecular weight is 197 g/mol. The molecule has 1 saturated heterocycles. The molecule has 0 saturated carbocycles. The summed E-state index contributed by atoms with van der Waals surface area (Å²) in [7, 11) is 0. The molecule has 84 valence electrons. The fraction of sp³-hybridized carbons (Fsp3) is 1.00. The number of nitrogens with zero attached hydrogens (tertiary/aromatic N) is 1. The number of hydrogen-bond donors (Lipinski definition) is 0. The smallest absolute Gasteiger partial charge is 0.0125 e. The van der Waals surface area contributed by atoms with Gasteiger partial charge >= 0.3 is 0 Å². The molecule has 0 aromatic heterocycles. The third-order valence-electron chi connectivity index (χ3n) is 3.30. The predicted octanol–water partition coefficient (Wildman–Crippen LogP) is 3.54. The molecule has 0 aromatic carbocycles. The van der Waals surface area contributed by atoms with Crippen molar-refractivity contribution in [2.24, 2.45) is 11.8 Å². The molecule has 0 radical (unpaired) electrons. The van der Waals surface area contributed by atoms with Crippen molar-refractivity contribution in [2.75, 3.05) is 13.1 Å². The Labute approximate surface area is 89.9 Å². The maximum atomic E-state index is 2.59. The summed E-state index contributed by atoms with van der Waals surface area (Å²) in [5, 5.41) is 0. The molecule has 1 heterocycles. The van der Waals surface area contributed by atoms with Crippen LogP contribution in [0.3, 0.4) is 0 Å². The monoisotopic (exact) mass is 197 g/mol. The Morgan fingerprint density at radius 1 is 1.21 bits per heavy atom. The highest BCUT2D eigenvalue weighted by molar-refractivity contribution is 4.88. The zero-order chi connectivity index (χ0) is 10.8. The predicted molar refractivity (Wildman–Crippen MR) is 63.5 cm³/mol. The van der Waals surface area contributed by atoms with Crippen molar-refractivity contribution in [1.29, 1.82) is 0 Å². The van der Waals surface area contributed by atoms with E-state index in [9.17, 15) is 0 Å². The molecule has 0 aromatic rings. The highest BCUT2D eigenvalue weighted by Crippen LogP contribution is 2.28. The minimum Gasteiger partial charge on any atom is -0.298 e. The van der Waals surface area contributed by atoms with E-state index in [0.717, 1.165) is 11.8 Å². The molecule has 1 heteroatoms. The molecule has 14 heavy (non-hydrogen) atoms. The summed E-state index contributed by atoms with van der Waals surface area (Å²) in [4.78, 5) is 2.59. The van der Waals surface area contributed by atoms with Gasteiger partial charge in [-0.1, -0.05) is 26.7 Å². The summed E-state index contributed by atoms with van der Waals surface area (Å²) >= 11 is 0. The molecule has 0 unspecified atom stereocenters. The lowest BCUT2D eigenvalue weighted by molar-refractivity contribution is 0.00928. The standard InChI is InChI=1S/C13H27N/c1-11(2)7-6-8-12-9-14(10-12)13(3,4)5/h11-12H,6-10H2,1-5H3. The van der Waals surface area contributed by atoms with Gasteiger partial charge in [-0.2, -0.15) is 0 Å². The first-order chi connectivity index (χ1) is 6.39. The van der Waals surface area contributed by atoms with E-state index >= 15 is 0 Å². The van der Waals surface area contributed by atoms with Crippen LogP contribution < -0.4 is 0 Å². The molecule has 1 aliphatic heterocycles. The highest BCUT2D eigenvalue weighted by atomic mass is 15.2. The Morgan fingerprint density at radius 2 is 1.79 bits per heavy atom. The molecular formula is C13H27N. The van der Waals surface area contributed by atoms with Crippen LogP contribution in [-0.4, -0.2) is 23.5 Å². The first-order valence-electron chi connectivity index (χ1n) is 6.14. The van der Waals surface area contributed by atoms with Gasteiger partial charge in [0.25, 0.3) is 0 Å². The largest absolute Gasteiger partial charge is 0.298 e. The van der Waals surface area contributed by atoms with Gasteiger partial charge in [0.05, 0.1) is 0 Å². The van der Waals surface area contributed by atoms with Gasteiger partial charge in [-0.15, -0.1) is 0 Å². The van der Waals surface area contributed by atoms with Gasteiger partial charge in [0, 0.05) is 18.6 Å². The SMILES string of the molecule is CC(C)CCCC1CN(C(C)(C)C)C1. The number of hydrogen-bond acceptors (Lipinski definition) is 1. The average Bonchev–Trinajstić information content (AvgIpc) is 1.90. The lowest BCUT2D eigenvalue weighted by Crippen LogP contribution is -2.55. The van der Waals surface area contributed by atoms with E-state index in [2.05, 4.69) is 39.5 Å². The Kier molecular flexibility index (Phi) is 4.00. The van der Waals surface area contributed by atoms with E-state index in [-0.39, 0.29) is 0 Å². The molecule has 0 aliphatic carbocycles. The zero-order valence-corrected chi connectivity index (χ0v) is 10.6. The van der Waals surface area contributed by atoms with Gasteiger partial charge in [-0.05, 0) is 39.0 Å². The van der Waals surface area contributed by atoms with Crippen molar-refractivity contribution in [3.8, 4) is 0 Å². The topological polar surface area (TPSA) is 3.24 Å². The maximum Gasteiger partial charge on any atom is 0.0125 e. The van der Waals surface area contributed by atoms with Crippen LogP contribution in [0, 0.1) is 11.8 Å². The quantitative estimate of drug-likeness (QED) is 0.666. The molecule has 0 atom stereocenters. The second-order valence-electron chi connectivity index (χ2n) is 6.27. The van der Waals surface area contributed by atoms with Crippen LogP contribution in [0.5, 0.6) is 0 Å². The Bertz CT molecular complexity index is 161. The molecule has 1 rings (SSSR count). The van der Waals surface area contributed by atoms with Crippen LogP contribution in [0.1, 0.15) is 53.9 Å². The lowest BCUT2D eigenvalue weighted by Gasteiger charge is -2.48. The van der Waals surface area contributed by atoms with Crippen molar-refractivity contribution < 1.29 is 0 Å². The molecule has 0 bridgehead atoms. The van der Waals surface area contributed by atoms with Gasteiger partial charge in [0.2, 0.25) is 0 Å². The summed E-state index contributed by atoms with van der Waals surface area (Å²) in [5.41, 5.74) is 0.397. The van der Waals surface area contributed by atoms with Crippen molar-refractivity contribution in [3.63, 3.8) is 0 Å². The Hall–Kier alpha value is -0.0400. The summed E-state index contributed by atoms with van der Waals surface area (Å²) in [6, 6.07) is 0. The van der Waals surface area contributed by atoms with Crippen LogP contribution >= 0.6 is 0 Å². The lowest BCUT2D eigenvalue weighted by atomic mass is 9.88. The van der Waals surface area contributed by atoms with E-state index in [1.807, 2.05) is 0 Å². The van der Waals surface area contributed by atoms with Crippen LogP contribution in [0.2, 0.25) is 0 Å². The molecular weight excluding hydrogens is 170 g/mol. The normalized spacial score (nSPS) is 20.1. The highest BCUT2D eigenvalue weighted by Gasteiger charge is 2.33. The number of likely N-dealkylation sites (tertiary alicyclic amines) is 1. The second kappa shape index (κ2) is 4.65. The van der Waals surface area contributed by atoms with Crippen LogP contribution in [0.4, 0.5) is 0 Å². The van der Waals surface area contributed by atoms with Crippen LogP contribution in [0.25, 0.3) is 0 Å². The molecule has 1 aliphatic rings. The fourth-order valence-electron chi connectivity index (χ4n) is 2.11. The van der Waals surface area contributed by atoms with Gasteiger partial charge in [0.1, 0.15) is 0 Å². The van der Waals surface area contributed by atoms with Crippen molar-refractivity contribution >= 4 is 0 Å². The van der Waals surface area contributed by atoms with E-state index in [1.165, 1.54) is 32.4 Å². The molecule has 0 spiro atoms. The summed E-state index contributed by atoms with van der Waals surface area (Å²) < 4.78 is 0. The summed E-state index contributed by atoms with van der Waals surface area (Å²) in [6.45, 7) is 14.3. The third-order valence-corrected chi connectivity index (χ3v) is 3.30. The van der Waals surface area contributed by atoms with E-state index in [4.69, 9.17) is 0 Å². The first kappa shape index (κ1) is 12.0. The van der Waals surface area contributed by atoms with Gasteiger partial charge in [-0.25, -0.2) is 0 Å². The first-order valence-corrected chi connectivity index (χ1v) is 6.14. The molecule has 1 fully saturated rings. The van der Waals surface area contributed by atoms with Gasteiger partial charge < -0.3 is 0 Å². The molecule has 0 amide bonds. The van der Waals surface area contributed by atoms with Crippen LogP contribution in [0.15, 0.2) is 0 Å². The molecule has 1 nitrogen and oxygen atoms in total. The molecule has 0 N–H and O–H groups in total. The minimum atomic E-state index is 0.397. The van der Waals surface area contributed by atoms with E-state index in [1.54, 1.807) is 0 Å². The van der Waals surface area contributed by atoms with Gasteiger partial charge in [-0.3, -0.25) is 4.90 Å². The third kappa shape index (κ3) is 3.61. The zero-order valence-electron chi connectivity index (χ0n) is 10.6. The Balaban J connectivity index is 2.05. The summed E-state index contributed by atoms with van der Waals surface area (Å²) in [6.07, 6.45) is 4.29. The van der Waals surface area contributed by atoms with Gasteiger partial charge in [0.15, 0.2) is 0 Å². The van der Waals surface area contributed by atoms with Crippen molar-refractivity contribution in [2.45, 2.75) is 59.4 Å². The fourth-order valence-corrected chi connectivity index (χ4v) is 2.11. The van der Waals surface area contributed by atoms with Crippen LogP contribution in [-0.2, 0) is 0 Å².